The van der Waals surface area contributed by atoms with E-state index in [2.05, 4.69) is 26.9 Å². The molecule has 5 rings (SSSR count). The zero-order valence-electron chi connectivity index (χ0n) is 16.9. The minimum atomic E-state index is -0.154. The SMILES string of the molecule is Cn1c(N2CCC3(CCOC3)CC2)nc2[nH]nc(C#Cc3ccccc3N)c2c1=O. The van der Waals surface area contributed by atoms with E-state index in [4.69, 9.17) is 15.5 Å². The van der Waals surface area contributed by atoms with Crippen LogP contribution in [0.15, 0.2) is 29.1 Å². The Morgan fingerprint density at radius 3 is 2.73 bits per heavy atom. The van der Waals surface area contributed by atoms with Crippen LogP contribution in [0.3, 0.4) is 0 Å². The second kappa shape index (κ2) is 7.18. The van der Waals surface area contributed by atoms with Crippen LogP contribution in [0.5, 0.6) is 0 Å². The second-order valence-electron chi connectivity index (χ2n) is 8.20. The lowest BCUT2D eigenvalue weighted by Gasteiger charge is -2.39. The van der Waals surface area contributed by atoms with Crippen molar-refractivity contribution < 1.29 is 4.74 Å². The first-order valence-electron chi connectivity index (χ1n) is 10.2. The molecule has 0 radical (unpaired) electrons. The number of nitrogens with two attached hydrogens (primary N) is 1. The highest BCUT2D eigenvalue weighted by Crippen LogP contribution is 2.39. The quantitative estimate of drug-likeness (QED) is 0.472. The lowest BCUT2D eigenvalue weighted by Crippen LogP contribution is -2.43. The van der Waals surface area contributed by atoms with Gasteiger partial charge in [-0.3, -0.25) is 14.5 Å². The molecule has 2 aromatic heterocycles. The van der Waals surface area contributed by atoms with Gasteiger partial charge in [-0.25, -0.2) is 0 Å². The summed E-state index contributed by atoms with van der Waals surface area (Å²) >= 11 is 0. The maximum absolute atomic E-state index is 13.1. The van der Waals surface area contributed by atoms with E-state index in [0.717, 1.165) is 45.6 Å². The van der Waals surface area contributed by atoms with Gasteiger partial charge >= 0.3 is 0 Å². The average Bonchev–Trinajstić information content (AvgIpc) is 3.38. The number of para-hydroxylation sites is 1. The highest BCUT2D eigenvalue weighted by Gasteiger charge is 2.38. The van der Waals surface area contributed by atoms with Crippen molar-refractivity contribution in [3.8, 4) is 11.8 Å². The maximum Gasteiger partial charge on any atom is 0.267 e. The normalized spacial score (nSPS) is 18.0. The molecule has 8 nitrogen and oxygen atoms in total. The van der Waals surface area contributed by atoms with Crippen molar-refractivity contribution in [3.63, 3.8) is 0 Å². The standard InChI is InChI=1S/C22H24N6O2/c1-27-20(29)18-17(7-6-15-4-2-3-5-16(15)23)25-26-19(18)24-21(27)28-11-8-22(9-12-28)10-13-30-14-22/h2-5H,8-14,23H2,1H3,(H,25,26). The summed E-state index contributed by atoms with van der Waals surface area (Å²) in [5, 5.41) is 7.52. The molecule has 8 heteroatoms. The Kier molecular flexibility index (Phi) is 4.48. The Labute approximate surface area is 174 Å². The largest absolute Gasteiger partial charge is 0.398 e. The third-order valence-electron chi connectivity index (χ3n) is 6.35. The number of hydrogen-bond donors (Lipinski definition) is 2. The van der Waals surface area contributed by atoms with Gasteiger partial charge in [-0.2, -0.15) is 10.1 Å². The van der Waals surface area contributed by atoms with Gasteiger partial charge in [-0.15, -0.1) is 0 Å². The van der Waals surface area contributed by atoms with E-state index in [1.165, 1.54) is 0 Å². The van der Waals surface area contributed by atoms with Gasteiger partial charge in [-0.05, 0) is 42.7 Å². The van der Waals surface area contributed by atoms with Crippen molar-refractivity contribution in [2.75, 3.05) is 36.9 Å². The molecule has 0 saturated carbocycles. The first-order chi connectivity index (χ1) is 14.6. The molecule has 30 heavy (non-hydrogen) atoms. The summed E-state index contributed by atoms with van der Waals surface area (Å²) in [5.41, 5.74) is 8.23. The smallest absolute Gasteiger partial charge is 0.267 e. The van der Waals surface area contributed by atoms with E-state index in [0.29, 0.717) is 39.3 Å². The molecule has 0 atom stereocenters. The van der Waals surface area contributed by atoms with Crippen LogP contribution in [0, 0.1) is 17.3 Å². The number of aromatic nitrogens is 4. The van der Waals surface area contributed by atoms with E-state index in [9.17, 15) is 4.79 Å². The molecule has 3 N–H and O–H groups in total. The molecule has 3 aromatic rings. The van der Waals surface area contributed by atoms with Crippen molar-refractivity contribution in [1.29, 1.82) is 0 Å². The second-order valence-corrected chi connectivity index (χ2v) is 8.20. The summed E-state index contributed by atoms with van der Waals surface area (Å²) < 4.78 is 7.22. The van der Waals surface area contributed by atoms with Crippen molar-refractivity contribution in [2.45, 2.75) is 19.3 Å². The van der Waals surface area contributed by atoms with Gasteiger partial charge in [-0.1, -0.05) is 18.1 Å². The van der Waals surface area contributed by atoms with Gasteiger partial charge in [0.25, 0.3) is 5.56 Å². The molecule has 1 spiro atoms. The minimum absolute atomic E-state index is 0.154. The molecule has 154 valence electrons. The summed E-state index contributed by atoms with van der Waals surface area (Å²) in [6.07, 6.45) is 3.24. The molecular weight excluding hydrogens is 380 g/mol. The number of rotatable bonds is 1. The van der Waals surface area contributed by atoms with E-state index in [-0.39, 0.29) is 5.56 Å². The Bertz CT molecular complexity index is 1220. The Morgan fingerprint density at radius 1 is 1.20 bits per heavy atom. The van der Waals surface area contributed by atoms with Gasteiger partial charge in [0.05, 0.1) is 6.61 Å². The van der Waals surface area contributed by atoms with Crippen LogP contribution in [0.25, 0.3) is 11.0 Å². The molecule has 4 heterocycles. The number of hydrogen-bond acceptors (Lipinski definition) is 6. The molecular formula is C22H24N6O2. The molecule has 2 fully saturated rings. The summed E-state index contributed by atoms with van der Waals surface area (Å²) in [4.78, 5) is 20.0. The molecule has 0 amide bonds. The van der Waals surface area contributed by atoms with Crippen LogP contribution in [0.4, 0.5) is 11.6 Å². The molecule has 2 aliphatic rings. The zero-order chi connectivity index (χ0) is 20.7. The van der Waals surface area contributed by atoms with Gasteiger partial charge in [0.15, 0.2) is 11.3 Å². The first kappa shape index (κ1) is 18.7. The van der Waals surface area contributed by atoms with Crippen LogP contribution in [0.1, 0.15) is 30.5 Å². The predicted octanol–water partition coefficient (Wildman–Crippen LogP) is 1.65. The van der Waals surface area contributed by atoms with Crippen LogP contribution in [-0.2, 0) is 11.8 Å². The van der Waals surface area contributed by atoms with E-state index in [1.807, 2.05) is 18.2 Å². The molecule has 2 aliphatic heterocycles. The van der Waals surface area contributed by atoms with Crippen LogP contribution in [-0.4, -0.2) is 46.1 Å². The highest BCUT2D eigenvalue weighted by atomic mass is 16.5. The highest BCUT2D eigenvalue weighted by molar-refractivity contribution is 5.81. The van der Waals surface area contributed by atoms with Gasteiger partial charge in [0.2, 0.25) is 5.95 Å². The van der Waals surface area contributed by atoms with Crippen molar-refractivity contribution in [3.05, 3.63) is 45.9 Å². The topological polar surface area (TPSA) is 102 Å². The number of H-pyrrole nitrogens is 1. The number of aromatic amines is 1. The fraction of sp³-hybridized carbons (Fsp3) is 0.409. The Balaban J connectivity index is 1.47. The van der Waals surface area contributed by atoms with Gasteiger partial charge in [0.1, 0.15) is 5.39 Å². The van der Waals surface area contributed by atoms with Crippen LogP contribution < -0.4 is 16.2 Å². The van der Waals surface area contributed by atoms with Crippen LogP contribution >= 0.6 is 0 Å². The lowest BCUT2D eigenvalue weighted by molar-refractivity contribution is 0.133. The van der Waals surface area contributed by atoms with Gasteiger partial charge < -0.3 is 15.4 Å². The van der Waals surface area contributed by atoms with Crippen molar-refractivity contribution >= 4 is 22.7 Å². The molecule has 0 bridgehead atoms. The monoisotopic (exact) mass is 404 g/mol. The zero-order valence-corrected chi connectivity index (χ0v) is 16.9. The summed E-state index contributed by atoms with van der Waals surface area (Å²) in [6, 6.07) is 7.36. The number of piperidine rings is 1. The van der Waals surface area contributed by atoms with Crippen molar-refractivity contribution in [2.24, 2.45) is 12.5 Å². The van der Waals surface area contributed by atoms with E-state index < -0.39 is 0 Å². The maximum atomic E-state index is 13.1. The Hall–Kier alpha value is -3.31. The number of nitrogens with zero attached hydrogens (tertiary/aromatic N) is 4. The molecule has 0 aliphatic carbocycles. The number of anilines is 2. The van der Waals surface area contributed by atoms with Gasteiger partial charge in [0, 0.05) is 38.0 Å². The van der Waals surface area contributed by atoms with Crippen molar-refractivity contribution in [1.82, 2.24) is 19.7 Å². The van der Waals surface area contributed by atoms with E-state index in [1.54, 1.807) is 17.7 Å². The first-order valence-corrected chi connectivity index (χ1v) is 10.2. The molecule has 1 aromatic carbocycles. The minimum Gasteiger partial charge on any atom is -0.398 e. The number of nitrogen functional groups attached to an aromatic ring is 1. The predicted molar refractivity (Wildman–Crippen MR) is 115 cm³/mol. The fourth-order valence-electron chi connectivity index (χ4n) is 4.39. The molecule has 2 saturated heterocycles. The summed E-state index contributed by atoms with van der Waals surface area (Å²) in [7, 11) is 1.76. The van der Waals surface area contributed by atoms with E-state index >= 15 is 0 Å². The Morgan fingerprint density at radius 2 is 2.00 bits per heavy atom. The summed E-state index contributed by atoms with van der Waals surface area (Å²) in [6.45, 7) is 3.43. The third kappa shape index (κ3) is 3.12. The molecule has 0 unspecified atom stereocenters. The fourth-order valence-corrected chi connectivity index (χ4v) is 4.39. The number of benzene rings is 1. The number of nitrogens with one attached hydrogen (secondary N) is 1. The average molecular weight is 404 g/mol. The summed E-state index contributed by atoms with van der Waals surface area (Å²) in [5.74, 6) is 6.64. The van der Waals surface area contributed by atoms with Crippen LogP contribution in [0.2, 0.25) is 0 Å². The number of fused-ring (bicyclic) bond motifs is 1. The number of ether oxygens (including phenoxy) is 1. The lowest BCUT2D eigenvalue weighted by atomic mass is 9.78. The third-order valence-corrected chi connectivity index (χ3v) is 6.35.